The van der Waals surface area contributed by atoms with Crippen LogP contribution in [0, 0.1) is 0 Å². The topological polar surface area (TPSA) is 71.2 Å². The van der Waals surface area contributed by atoms with E-state index in [1.54, 1.807) is 35.8 Å². The maximum Gasteiger partial charge on any atom is 0.151 e. The summed E-state index contributed by atoms with van der Waals surface area (Å²) in [5, 5.41) is 12.8. The molecule has 6 heteroatoms. The van der Waals surface area contributed by atoms with Gasteiger partial charge < -0.3 is 14.8 Å². The van der Waals surface area contributed by atoms with Crippen LogP contribution < -0.4 is 5.32 Å². The molecule has 1 aromatic carbocycles. The van der Waals surface area contributed by atoms with E-state index in [9.17, 15) is 5.11 Å². The van der Waals surface area contributed by atoms with E-state index in [-0.39, 0.29) is 5.75 Å². The third-order valence-electron chi connectivity index (χ3n) is 3.18. The van der Waals surface area contributed by atoms with Gasteiger partial charge in [-0.25, -0.2) is 9.97 Å². The minimum atomic E-state index is 0.206. The number of aromatic hydroxyl groups is 1. The standard InChI is InChI=1S/C16H11N3O2S/c20-11-4-1-3-10(7-11)19-16-15-12(17-9-18-16)8-14(22-15)13-5-2-6-21-13/h1-9,20H,(H,17,18,19). The molecule has 108 valence electrons. The Hall–Kier alpha value is -2.86. The molecule has 0 bridgehead atoms. The van der Waals surface area contributed by atoms with Crippen molar-refractivity contribution in [2.45, 2.75) is 0 Å². The quantitative estimate of drug-likeness (QED) is 0.587. The minimum absolute atomic E-state index is 0.206. The molecule has 22 heavy (non-hydrogen) atoms. The number of anilines is 2. The van der Waals surface area contributed by atoms with Gasteiger partial charge in [-0.3, -0.25) is 0 Å². The number of nitrogens with one attached hydrogen (secondary N) is 1. The fourth-order valence-electron chi connectivity index (χ4n) is 2.20. The molecule has 0 spiro atoms. The normalized spacial score (nSPS) is 10.9. The van der Waals surface area contributed by atoms with E-state index in [1.807, 2.05) is 24.3 Å². The van der Waals surface area contributed by atoms with Crippen LogP contribution in [0.3, 0.4) is 0 Å². The fraction of sp³-hybridized carbons (Fsp3) is 0. The first-order valence-electron chi connectivity index (χ1n) is 6.64. The van der Waals surface area contributed by atoms with Gasteiger partial charge in [-0.1, -0.05) is 6.07 Å². The second-order valence-corrected chi connectivity index (χ2v) is 5.75. The van der Waals surface area contributed by atoms with Crippen LogP contribution in [-0.2, 0) is 0 Å². The number of nitrogens with zero attached hydrogens (tertiary/aromatic N) is 2. The van der Waals surface area contributed by atoms with E-state index in [4.69, 9.17) is 4.42 Å². The number of phenolic OH excluding ortho intramolecular Hbond substituents is 1. The maximum absolute atomic E-state index is 9.55. The molecule has 3 heterocycles. The molecule has 0 amide bonds. The maximum atomic E-state index is 9.55. The van der Waals surface area contributed by atoms with E-state index in [1.165, 1.54) is 6.33 Å². The zero-order valence-electron chi connectivity index (χ0n) is 11.4. The van der Waals surface area contributed by atoms with Gasteiger partial charge in [0.1, 0.15) is 17.8 Å². The summed E-state index contributed by atoms with van der Waals surface area (Å²) in [6.07, 6.45) is 3.17. The van der Waals surface area contributed by atoms with E-state index in [0.717, 1.165) is 26.5 Å². The van der Waals surface area contributed by atoms with Crippen molar-refractivity contribution in [2.75, 3.05) is 5.32 Å². The van der Waals surface area contributed by atoms with E-state index in [0.29, 0.717) is 5.82 Å². The predicted octanol–water partition coefficient (Wildman–Crippen LogP) is 4.40. The molecule has 2 N–H and O–H groups in total. The second kappa shape index (κ2) is 5.16. The Morgan fingerprint density at radius 3 is 2.86 bits per heavy atom. The number of phenols is 1. The summed E-state index contributed by atoms with van der Waals surface area (Å²) in [5.74, 6) is 1.72. The van der Waals surface area contributed by atoms with Gasteiger partial charge in [-0.15, -0.1) is 11.3 Å². The summed E-state index contributed by atoms with van der Waals surface area (Å²) < 4.78 is 6.37. The van der Waals surface area contributed by atoms with Crippen molar-refractivity contribution in [3.63, 3.8) is 0 Å². The van der Waals surface area contributed by atoms with E-state index < -0.39 is 0 Å². The van der Waals surface area contributed by atoms with Gasteiger partial charge in [-0.2, -0.15) is 0 Å². The Kier molecular flexibility index (Phi) is 3.01. The van der Waals surface area contributed by atoms with E-state index in [2.05, 4.69) is 15.3 Å². The highest BCUT2D eigenvalue weighted by Gasteiger charge is 2.12. The van der Waals surface area contributed by atoms with Gasteiger partial charge in [0.2, 0.25) is 0 Å². The molecule has 5 nitrogen and oxygen atoms in total. The third-order valence-corrected chi connectivity index (χ3v) is 4.33. The van der Waals surface area contributed by atoms with Crippen LogP contribution in [0.4, 0.5) is 11.5 Å². The summed E-state index contributed by atoms with van der Waals surface area (Å²) in [6, 6.07) is 12.7. The van der Waals surface area contributed by atoms with Gasteiger partial charge in [-0.05, 0) is 30.3 Å². The largest absolute Gasteiger partial charge is 0.508 e. The highest BCUT2D eigenvalue weighted by molar-refractivity contribution is 7.22. The molecule has 0 aliphatic heterocycles. The second-order valence-electron chi connectivity index (χ2n) is 4.70. The van der Waals surface area contributed by atoms with E-state index >= 15 is 0 Å². The summed E-state index contributed by atoms with van der Waals surface area (Å²) in [6.45, 7) is 0. The molecule has 4 aromatic rings. The number of benzene rings is 1. The first kappa shape index (κ1) is 12.8. The lowest BCUT2D eigenvalue weighted by molar-refractivity contribution is 0.475. The average molecular weight is 309 g/mol. The van der Waals surface area contributed by atoms with Crippen molar-refractivity contribution in [3.05, 3.63) is 55.1 Å². The van der Waals surface area contributed by atoms with Gasteiger partial charge in [0.25, 0.3) is 0 Å². The van der Waals surface area contributed by atoms with Crippen LogP contribution in [0.25, 0.3) is 20.9 Å². The SMILES string of the molecule is Oc1cccc(Nc2ncnc3cc(-c4ccco4)sc23)c1. The van der Waals surface area contributed by atoms with Gasteiger partial charge in [0.15, 0.2) is 5.82 Å². The Bertz CT molecular complexity index is 932. The number of fused-ring (bicyclic) bond motifs is 1. The van der Waals surface area contributed by atoms with Crippen LogP contribution in [-0.4, -0.2) is 15.1 Å². The smallest absolute Gasteiger partial charge is 0.151 e. The Morgan fingerprint density at radius 1 is 1.09 bits per heavy atom. The first-order valence-corrected chi connectivity index (χ1v) is 7.46. The zero-order chi connectivity index (χ0) is 14.9. The molecule has 0 saturated heterocycles. The molecule has 0 aliphatic carbocycles. The van der Waals surface area contributed by atoms with Crippen LogP contribution in [0.15, 0.2) is 59.5 Å². The van der Waals surface area contributed by atoms with Crippen LogP contribution in [0.1, 0.15) is 0 Å². The van der Waals surface area contributed by atoms with Crippen LogP contribution in [0.5, 0.6) is 5.75 Å². The van der Waals surface area contributed by atoms with Gasteiger partial charge >= 0.3 is 0 Å². The average Bonchev–Trinajstić information content (AvgIpc) is 3.17. The van der Waals surface area contributed by atoms with Crippen molar-refractivity contribution in [1.29, 1.82) is 0 Å². The molecular weight excluding hydrogens is 298 g/mol. The number of hydrogen-bond acceptors (Lipinski definition) is 6. The molecule has 0 unspecified atom stereocenters. The highest BCUT2D eigenvalue weighted by Crippen LogP contribution is 2.36. The summed E-state index contributed by atoms with van der Waals surface area (Å²) in [5.41, 5.74) is 1.63. The lowest BCUT2D eigenvalue weighted by atomic mass is 10.3. The molecule has 4 rings (SSSR count). The lowest BCUT2D eigenvalue weighted by Gasteiger charge is -2.06. The molecular formula is C16H11N3O2S. The van der Waals surface area contributed by atoms with Crippen molar-refractivity contribution in [3.8, 4) is 16.4 Å². The molecule has 0 radical (unpaired) electrons. The fourth-order valence-corrected chi connectivity index (χ4v) is 3.23. The number of rotatable bonds is 3. The van der Waals surface area contributed by atoms with Crippen molar-refractivity contribution in [1.82, 2.24) is 9.97 Å². The van der Waals surface area contributed by atoms with Crippen molar-refractivity contribution in [2.24, 2.45) is 0 Å². The molecule has 0 aliphatic rings. The molecule has 0 atom stereocenters. The van der Waals surface area contributed by atoms with Crippen LogP contribution in [0.2, 0.25) is 0 Å². The number of aromatic nitrogens is 2. The summed E-state index contributed by atoms with van der Waals surface area (Å²) in [4.78, 5) is 9.60. The zero-order valence-corrected chi connectivity index (χ0v) is 12.2. The number of thiophene rings is 1. The Balaban J connectivity index is 1.78. The predicted molar refractivity (Wildman–Crippen MR) is 86.5 cm³/mol. The Morgan fingerprint density at radius 2 is 2.05 bits per heavy atom. The monoisotopic (exact) mass is 309 g/mol. The summed E-state index contributed by atoms with van der Waals surface area (Å²) in [7, 11) is 0. The Labute approximate surface area is 129 Å². The first-order chi connectivity index (χ1) is 10.8. The molecule has 0 fully saturated rings. The number of furan rings is 1. The molecule has 0 saturated carbocycles. The molecule has 3 aromatic heterocycles. The van der Waals surface area contributed by atoms with Gasteiger partial charge in [0.05, 0.1) is 21.4 Å². The van der Waals surface area contributed by atoms with Gasteiger partial charge in [0, 0.05) is 11.8 Å². The third kappa shape index (κ3) is 2.29. The summed E-state index contributed by atoms with van der Waals surface area (Å²) >= 11 is 1.56. The van der Waals surface area contributed by atoms with Crippen LogP contribution >= 0.6 is 11.3 Å². The highest BCUT2D eigenvalue weighted by atomic mass is 32.1. The van der Waals surface area contributed by atoms with Crippen molar-refractivity contribution >= 4 is 33.1 Å². The number of hydrogen-bond donors (Lipinski definition) is 2. The minimum Gasteiger partial charge on any atom is -0.508 e. The lowest BCUT2D eigenvalue weighted by Crippen LogP contribution is -1.93. The van der Waals surface area contributed by atoms with Crippen molar-refractivity contribution < 1.29 is 9.52 Å².